The molecule has 6 heteroatoms. The third kappa shape index (κ3) is 5.82. The summed E-state index contributed by atoms with van der Waals surface area (Å²) in [6.07, 6.45) is -0.451. The van der Waals surface area contributed by atoms with E-state index in [2.05, 4.69) is 88.5 Å². The molecule has 2 N–H and O–H groups in total. The second-order valence-corrected chi connectivity index (χ2v) is 16.7. The van der Waals surface area contributed by atoms with E-state index in [1.54, 1.807) is 0 Å². The number of hydrogen-bond acceptors (Lipinski definition) is 4. The summed E-state index contributed by atoms with van der Waals surface area (Å²) >= 11 is 0. The summed E-state index contributed by atoms with van der Waals surface area (Å²) < 4.78 is 12.7. The molecule has 0 spiro atoms. The summed E-state index contributed by atoms with van der Waals surface area (Å²) in [5.74, 6) is 0.198. The van der Waals surface area contributed by atoms with Crippen molar-refractivity contribution in [3.8, 4) is 0 Å². The number of nitrogens with one attached hydrogen (secondary N) is 1. The molecule has 0 unspecified atom stereocenters. The molecule has 1 fully saturated rings. The molecule has 0 radical (unpaired) electrons. The highest BCUT2D eigenvalue weighted by molar-refractivity contribution is 6.99. The Labute approximate surface area is 212 Å². The van der Waals surface area contributed by atoms with E-state index in [1.807, 2.05) is 32.9 Å². The van der Waals surface area contributed by atoms with Crippen LogP contribution in [0.4, 0.5) is 4.79 Å². The van der Waals surface area contributed by atoms with Crippen molar-refractivity contribution in [2.75, 3.05) is 13.2 Å². The summed E-state index contributed by atoms with van der Waals surface area (Å²) in [4.78, 5) is 12.8. The summed E-state index contributed by atoms with van der Waals surface area (Å²) in [5, 5.41) is 15.4. The van der Waals surface area contributed by atoms with Crippen LogP contribution in [-0.4, -0.2) is 44.4 Å². The molecule has 0 heterocycles. The van der Waals surface area contributed by atoms with Gasteiger partial charge in [-0.05, 0) is 53.4 Å². The normalized spacial score (nSPS) is 20.7. The molecule has 1 saturated carbocycles. The van der Waals surface area contributed by atoms with Crippen molar-refractivity contribution in [1.82, 2.24) is 5.32 Å². The van der Waals surface area contributed by atoms with Gasteiger partial charge in [-0.25, -0.2) is 4.79 Å². The van der Waals surface area contributed by atoms with Crippen LogP contribution < -0.4 is 15.7 Å². The molecule has 2 aromatic rings. The molecule has 3 rings (SSSR count). The van der Waals surface area contributed by atoms with Crippen LogP contribution in [0.3, 0.4) is 0 Å². The van der Waals surface area contributed by atoms with Crippen LogP contribution in [0.15, 0.2) is 60.7 Å². The second kappa shape index (κ2) is 10.1. The Bertz CT molecular complexity index is 940. The Hall–Kier alpha value is -2.15. The number of aliphatic hydroxyl groups is 1. The zero-order chi connectivity index (χ0) is 26.1. The highest BCUT2D eigenvalue weighted by atomic mass is 28.4. The minimum Gasteiger partial charge on any atom is -0.444 e. The number of amides is 1. The Morgan fingerprint density at radius 1 is 0.971 bits per heavy atom. The van der Waals surface area contributed by atoms with Gasteiger partial charge in [0.05, 0.1) is 12.6 Å². The van der Waals surface area contributed by atoms with Gasteiger partial charge in [0.15, 0.2) is 0 Å². The van der Waals surface area contributed by atoms with E-state index in [9.17, 15) is 9.90 Å². The van der Waals surface area contributed by atoms with E-state index in [4.69, 9.17) is 9.16 Å². The number of ether oxygens (including phenoxy) is 1. The average Bonchev–Trinajstić information content (AvgIpc) is 3.33. The summed E-state index contributed by atoms with van der Waals surface area (Å²) in [7, 11) is -2.76. The Kier molecular flexibility index (Phi) is 7.90. The van der Waals surface area contributed by atoms with Gasteiger partial charge in [-0.1, -0.05) is 95.3 Å². The first-order chi connectivity index (χ1) is 16.2. The van der Waals surface area contributed by atoms with Crippen LogP contribution >= 0.6 is 0 Å². The SMILES string of the molecule is CC(C)(C)OC(=O)N[C@@H](CO[Si](c1ccccc1)(c1ccccc1)C(C)(C)C)[C@H]1[C@@H](CO)C1(C)C. The first-order valence-corrected chi connectivity index (χ1v) is 14.5. The van der Waals surface area contributed by atoms with Gasteiger partial charge in [0.25, 0.3) is 8.32 Å². The average molecular weight is 498 g/mol. The van der Waals surface area contributed by atoms with E-state index in [1.165, 1.54) is 10.4 Å². The second-order valence-electron chi connectivity index (χ2n) is 12.4. The van der Waals surface area contributed by atoms with Crippen molar-refractivity contribution in [3.05, 3.63) is 60.7 Å². The molecular weight excluding hydrogens is 454 g/mol. The van der Waals surface area contributed by atoms with Gasteiger partial charge in [0, 0.05) is 6.61 Å². The molecule has 3 atom stereocenters. The number of alkyl carbamates (subject to hydrolysis) is 1. The largest absolute Gasteiger partial charge is 0.444 e. The maximum atomic E-state index is 12.8. The molecule has 2 aromatic carbocycles. The van der Waals surface area contributed by atoms with Crippen LogP contribution in [0.1, 0.15) is 55.4 Å². The van der Waals surface area contributed by atoms with Crippen molar-refractivity contribution >= 4 is 24.8 Å². The fourth-order valence-corrected chi connectivity index (χ4v) is 10.2. The van der Waals surface area contributed by atoms with Crippen molar-refractivity contribution < 1.29 is 19.1 Å². The van der Waals surface area contributed by atoms with E-state index < -0.39 is 20.0 Å². The predicted octanol–water partition coefficient (Wildman–Crippen LogP) is 4.72. The van der Waals surface area contributed by atoms with Gasteiger partial charge >= 0.3 is 6.09 Å². The lowest BCUT2D eigenvalue weighted by atomic mass is 10.0. The zero-order valence-corrected chi connectivity index (χ0v) is 23.6. The van der Waals surface area contributed by atoms with Gasteiger partial charge < -0.3 is 19.6 Å². The Balaban J connectivity index is 2.01. The Morgan fingerprint density at radius 3 is 1.83 bits per heavy atom. The molecule has 1 aliphatic carbocycles. The quantitative estimate of drug-likeness (QED) is 0.518. The highest BCUT2D eigenvalue weighted by Gasteiger charge is 2.61. The summed E-state index contributed by atoms with van der Waals surface area (Å²) in [6.45, 7) is 17.0. The first-order valence-electron chi connectivity index (χ1n) is 12.6. The molecule has 5 nitrogen and oxygen atoms in total. The fraction of sp³-hybridized carbons (Fsp3) is 0.552. The van der Waals surface area contributed by atoms with Crippen LogP contribution in [0, 0.1) is 17.3 Å². The van der Waals surface area contributed by atoms with E-state index >= 15 is 0 Å². The molecule has 1 amide bonds. The minimum absolute atomic E-state index is 0.0867. The van der Waals surface area contributed by atoms with Crippen molar-refractivity contribution in [2.45, 2.75) is 72.1 Å². The zero-order valence-electron chi connectivity index (χ0n) is 22.6. The lowest BCUT2D eigenvalue weighted by Gasteiger charge is -2.44. The summed E-state index contributed by atoms with van der Waals surface area (Å²) in [5.41, 5.74) is -0.688. The van der Waals surface area contributed by atoms with Gasteiger partial charge in [0.2, 0.25) is 0 Å². The number of carbonyl (C=O) groups is 1. The molecule has 1 aliphatic rings. The van der Waals surface area contributed by atoms with Gasteiger partial charge in [0.1, 0.15) is 5.60 Å². The molecule has 0 aliphatic heterocycles. The van der Waals surface area contributed by atoms with Crippen LogP contribution in [0.5, 0.6) is 0 Å². The highest BCUT2D eigenvalue weighted by Crippen LogP contribution is 2.59. The standard InChI is InChI=1S/C29H43NO4Si/c1-27(2,3)34-26(32)30-24(25-23(19-31)29(25,7)8)20-33-35(28(4,5)6,21-15-11-9-12-16-21)22-17-13-10-14-18-22/h9-18,23-25,31H,19-20H2,1-8H3,(H,30,32)/t23-,24+,25-/m1/s1. The maximum absolute atomic E-state index is 12.8. The number of rotatable bonds is 8. The number of hydrogen-bond donors (Lipinski definition) is 2. The van der Waals surface area contributed by atoms with Crippen LogP contribution in [0.25, 0.3) is 0 Å². The van der Waals surface area contributed by atoms with Crippen LogP contribution in [-0.2, 0) is 9.16 Å². The lowest BCUT2D eigenvalue weighted by molar-refractivity contribution is 0.0469. The molecule has 0 bridgehead atoms. The monoisotopic (exact) mass is 497 g/mol. The van der Waals surface area contributed by atoms with E-state index in [-0.39, 0.29) is 34.9 Å². The molecule has 35 heavy (non-hydrogen) atoms. The number of aliphatic hydroxyl groups excluding tert-OH is 1. The third-order valence-electron chi connectivity index (χ3n) is 7.37. The predicted molar refractivity (Wildman–Crippen MR) is 145 cm³/mol. The molecular formula is C29H43NO4Si. The third-order valence-corrected chi connectivity index (χ3v) is 12.4. The van der Waals surface area contributed by atoms with Gasteiger partial charge in [-0.15, -0.1) is 0 Å². The molecule has 192 valence electrons. The van der Waals surface area contributed by atoms with Crippen molar-refractivity contribution in [1.29, 1.82) is 0 Å². The van der Waals surface area contributed by atoms with Gasteiger partial charge in [-0.3, -0.25) is 0 Å². The van der Waals surface area contributed by atoms with E-state index in [0.29, 0.717) is 6.61 Å². The Morgan fingerprint density at radius 2 is 1.46 bits per heavy atom. The fourth-order valence-electron chi connectivity index (χ4n) is 5.60. The minimum atomic E-state index is -2.76. The molecule has 0 aromatic heterocycles. The van der Waals surface area contributed by atoms with Crippen LogP contribution in [0.2, 0.25) is 5.04 Å². The van der Waals surface area contributed by atoms with Crippen molar-refractivity contribution in [3.63, 3.8) is 0 Å². The maximum Gasteiger partial charge on any atom is 0.407 e. The molecule has 0 saturated heterocycles. The topological polar surface area (TPSA) is 67.8 Å². The first kappa shape index (κ1) is 27.4. The van der Waals surface area contributed by atoms with Gasteiger partial charge in [-0.2, -0.15) is 0 Å². The van der Waals surface area contributed by atoms with E-state index in [0.717, 1.165) is 0 Å². The number of carbonyl (C=O) groups excluding carboxylic acids is 1. The summed E-state index contributed by atoms with van der Waals surface area (Å²) in [6, 6.07) is 20.7. The lowest BCUT2D eigenvalue weighted by Crippen LogP contribution is -2.67. The smallest absolute Gasteiger partial charge is 0.407 e. The van der Waals surface area contributed by atoms with Crippen molar-refractivity contribution in [2.24, 2.45) is 17.3 Å². The number of benzene rings is 2.